The van der Waals surface area contributed by atoms with E-state index in [-0.39, 0.29) is 17.5 Å². The highest BCUT2D eigenvalue weighted by atomic mass is 32.2. The maximum Gasteiger partial charge on any atom is 0.322 e. The summed E-state index contributed by atoms with van der Waals surface area (Å²) in [5.74, 6) is 0.500. The number of carbonyl (C=O) groups is 1. The zero-order valence-electron chi connectivity index (χ0n) is 15.4. The van der Waals surface area contributed by atoms with Crippen LogP contribution in [0.2, 0.25) is 0 Å². The van der Waals surface area contributed by atoms with E-state index in [9.17, 15) is 13.2 Å². The molecule has 0 atom stereocenters. The third-order valence-electron chi connectivity index (χ3n) is 3.87. The number of carbonyl (C=O) groups excluding carboxylic acids is 1. The second kappa shape index (κ2) is 8.22. The Morgan fingerprint density at radius 2 is 1.82 bits per heavy atom. The van der Waals surface area contributed by atoms with Gasteiger partial charge in [-0.05, 0) is 36.2 Å². The van der Waals surface area contributed by atoms with Crippen LogP contribution in [0.5, 0.6) is 5.75 Å². The minimum absolute atomic E-state index is 0.0267. The molecule has 0 unspecified atom stereocenters. The van der Waals surface area contributed by atoms with Crippen molar-refractivity contribution in [3.8, 4) is 5.75 Å². The van der Waals surface area contributed by atoms with Gasteiger partial charge in [-0.1, -0.05) is 35.4 Å². The Kier molecular flexibility index (Phi) is 5.74. The predicted octanol–water partition coefficient (Wildman–Crippen LogP) is 2.39. The number of amides is 1. The molecule has 8 nitrogen and oxygen atoms in total. The van der Waals surface area contributed by atoms with Crippen molar-refractivity contribution in [1.29, 1.82) is 0 Å². The lowest BCUT2D eigenvalue weighted by molar-refractivity contribution is -0.118. The van der Waals surface area contributed by atoms with E-state index in [2.05, 4.69) is 15.5 Å². The second-order valence-electron chi connectivity index (χ2n) is 6.20. The van der Waals surface area contributed by atoms with Gasteiger partial charge in [0.05, 0.1) is 11.3 Å². The maximum absolute atomic E-state index is 12.0. The van der Waals surface area contributed by atoms with Crippen molar-refractivity contribution in [3.63, 3.8) is 0 Å². The Morgan fingerprint density at radius 3 is 2.50 bits per heavy atom. The summed E-state index contributed by atoms with van der Waals surface area (Å²) in [6.07, 6.45) is 1.46. The van der Waals surface area contributed by atoms with E-state index >= 15 is 0 Å². The fraction of sp³-hybridized carbons (Fsp3) is 0.211. The number of aryl methyl sites for hydroxylation is 1. The summed E-state index contributed by atoms with van der Waals surface area (Å²) in [5, 5.41) is 10.1. The summed E-state index contributed by atoms with van der Waals surface area (Å²) in [4.78, 5) is 12.2. The normalized spacial score (nSPS) is 11.2. The van der Waals surface area contributed by atoms with Gasteiger partial charge in [0.2, 0.25) is 5.89 Å². The summed E-state index contributed by atoms with van der Waals surface area (Å²) >= 11 is 0. The molecule has 0 radical (unpaired) electrons. The van der Waals surface area contributed by atoms with E-state index in [1.54, 1.807) is 18.2 Å². The van der Waals surface area contributed by atoms with Gasteiger partial charge in [0.1, 0.15) is 5.75 Å². The molecule has 3 aromatic rings. The van der Waals surface area contributed by atoms with Gasteiger partial charge in [0, 0.05) is 6.26 Å². The number of hydrogen-bond acceptors (Lipinski definition) is 7. The Morgan fingerprint density at radius 1 is 1.11 bits per heavy atom. The molecule has 28 heavy (non-hydrogen) atoms. The molecule has 9 heteroatoms. The van der Waals surface area contributed by atoms with Crippen LogP contribution < -0.4 is 10.1 Å². The lowest BCUT2D eigenvalue weighted by atomic mass is 10.1. The number of nitrogens with one attached hydrogen (secondary N) is 1. The van der Waals surface area contributed by atoms with Crippen LogP contribution in [-0.2, 0) is 21.1 Å². The molecule has 0 fully saturated rings. The van der Waals surface area contributed by atoms with E-state index in [1.165, 1.54) is 12.1 Å². The number of nitrogens with zero attached hydrogens (tertiary/aromatic N) is 2. The fourth-order valence-electron chi connectivity index (χ4n) is 2.42. The van der Waals surface area contributed by atoms with Gasteiger partial charge in [-0.2, -0.15) is 0 Å². The summed E-state index contributed by atoms with van der Waals surface area (Å²) in [6, 6.07) is 13.7. The van der Waals surface area contributed by atoms with Gasteiger partial charge in [-0.25, -0.2) is 8.42 Å². The number of benzene rings is 2. The number of para-hydroxylation sites is 1. The lowest BCUT2D eigenvalue weighted by Gasteiger charge is -2.07. The quantitative estimate of drug-likeness (QED) is 0.647. The molecule has 3 rings (SSSR count). The zero-order valence-corrected chi connectivity index (χ0v) is 16.2. The molecular weight excluding hydrogens is 382 g/mol. The van der Waals surface area contributed by atoms with Crippen LogP contribution in [0.3, 0.4) is 0 Å². The Labute approximate surface area is 162 Å². The first kappa shape index (κ1) is 19.6. The summed E-state index contributed by atoms with van der Waals surface area (Å²) in [7, 11) is -3.24. The monoisotopic (exact) mass is 401 g/mol. The molecule has 0 aliphatic heterocycles. The molecule has 0 saturated heterocycles. The van der Waals surface area contributed by atoms with Gasteiger partial charge in [-0.15, -0.1) is 5.10 Å². The van der Waals surface area contributed by atoms with E-state index < -0.39 is 15.7 Å². The predicted molar refractivity (Wildman–Crippen MR) is 102 cm³/mol. The first-order valence-corrected chi connectivity index (χ1v) is 10.3. The summed E-state index contributed by atoms with van der Waals surface area (Å²) in [5.41, 5.74) is 1.73. The molecule has 1 aromatic heterocycles. The van der Waals surface area contributed by atoms with Crippen molar-refractivity contribution < 1.29 is 22.4 Å². The van der Waals surface area contributed by atoms with Gasteiger partial charge < -0.3 is 9.15 Å². The first-order chi connectivity index (χ1) is 13.3. The van der Waals surface area contributed by atoms with Crippen LogP contribution in [0.15, 0.2) is 57.8 Å². The molecule has 0 aliphatic rings. The molecule has 0 aliphatic carbocycles. The standard InChI is InChI=1S/C19H19N3O5S/c1-13-5-3-4-6-16(13)26-12-17(23)20-19-22-21-18(27-19)11-14-7-9-15(10-8-14)28(2,24)25/h3-10H,11-12H2,1-2H3,(H,20,22,23). The van der Waals surface area contributed by atoms with Crippen LogP contribution in [0.1, 0.15) is 17.0 Å². The van der Waals surface area contributed by atoms with Crippen LogP contribution in [0.25, 0.3) is 0 Å². The third kappa shape index (κ3) is 5.17. The highest BCUT2D eigenvalue weighted by Crippen LogP contribution is 2.17. The van der Waals surface area contributed by atoms with Crippen molar-refractivity contribution in [2.24, 2.45) is 0 Å². The minimum Gasteiger partial charge on any atom is -0.483 e. The molecule has 1 heterocycles. The maximum atomic E-state index is 12.0. The number of rotatable bonds is 7. The highest BCUT2D eigenvalue weighted by Gasteiger charge is 2.12. The van der Waals surface area contributed by atoms with Crippen molar-refractivity contribution in [2.75, 3.05) is 18.2 Å². The van der Waals surface area contributed by atoms with Gasteiger partial charge in [0.25, 0.3) is 5.91 Å². The first-order valence-electron chi connectivity index (χ1n) is 8.41. The molecule has 2 aromatic carbocycles. The van der Waals surface area contributed by atoms with E-state index in [1.807, 2.05) is 25.1 Å². The number of anilines is 1. The van der Waals surface area contributed by atoms with Gasteiger partial charge in [0.15, 0.2) is 16.4 Å². The SMILES string of the molecule is Cc1ccccc1OCC(=O)Nc1nnc(Cc2ccc(S(C)(=O)=O)cc2)o1. The number of sulfone groups is 1. The largest absolute Gasteiger partial charge is 0.483 e. The lowest BCUT2D eigenvalue weighted by Crippen LogP contribution is -2.20. The fourth-order valence-corrected chi connectivity index (χ4v) is 3.05. The average molecular weight is 401 g/mol. The molecule has 0 bridgehead atoms. The van der Waals surface area contributed by atoms with E-state index in [0.29, 0.717) is 18.1 Å². The minimum atomic E-state index is -3.24. The van der Waals surface area contributed by atoms with Gasteiger partial charge in [-0.3, -0.25) is 10.1 Å². The van der Waals surface area contributed by atoms with Gasteiger partial charge >= 0.3 is 6.01 Å². The Bertz CT molecular complexity index is 1070. The van der Waals surface area contributed by atoms with Crippen molar-refractivity contribution in [2.45, 2.75) is 18.2 Å². The topological polar surface area (TPSA) is 111 Å². The van der Waals surface area contributed by atoms with Crippen molar-refractivity contribution in [1.82, 2.24) is 10.2 Å². The average Bonchev–Trinajstić information content (AvgIpc) is 3.07. The van der Waals surface area contributed by atoms with Crippen LogP contribution in [0.4, 0.5) is 6.01 Å². The van der Waals surface area contributed by atoms with Crippen molar-refractivity contribution in [3.05, 3.63) is 65.5 Å². The van der Waals surface area contributed by atoms with Crippen LogP contribution in [0, 0.1) is 6.92 Å². The summed E-state index contributed by atoms with van der Waals surface area (Å²) in [6.45, 7) is 1.70. The highest BCUT2D eigenvalue weighted by molar-refractivity contribution is 7.90. The molecular formula is C19H19N3O5S. The number of aromatic nitrogens is 2. The Balaban J connectivity index is 1.55. The van der Waals surface area contributed by atoms with Crippen LogP contribution >= 0.6 is 0 Å². The third-order valence-corrected chi connectivity index (χ3v) is 5.00. The van der Waals surface area contributed by atoms with E-state index in [4.69, 9.17) is 9.15 Å². The molecule has 0 saturated carbocycles. The number of hydrogen-bond donors (Lipinski definition) is 1. The van der Waals surface area contributed by atoms with Crippen LogP contribution in [-0.4, -0.2) is 37.4 Å². The number of ether oxygens (including phenoxy) is 1. The second-order valence-corrected chi connectivity index (χ2v) is 8.21. The summed E-state index contributed by atoms with van der Waals surface area (Å²) < 4.78 is 33.8. The molecule has 1 N–H and O–H groups in total. The molecule has 0 spiro atoms. The van der Waals surface area contributed by atoms with Crippen molar-refractivity contribution >= 4 is 21.8 Å². The van der Waals surface area contributed by atoms with E-state index in [0.717, 1.165) is 17.4 Å². The smallest absolute Gasteiger partial charge is 0.322 e. The Hall–Kier alpha value is -3.20. The zero-order chi connectivity index (χ0) is 20.1. The molecule has 146 valence electrons. The molecule has 1 amide bonds.